The van der Waals surface area contributed by atoms with Gasteiger partial charge in [0.15, 0.2) is 0 Å². The molecule has 0 unspecified atom stereocenters. The lowest BCUT2D eigenvalue weighted by atomic mass is 10.0. The summed E-state index contributed by atoms with van der Waals surface area (Å²) < 4.78 is 42.9. The number of hydrogen-bond donors (Lipinski definition) is 1. The molecule has 9 nitrogen and oxygen atoms in total. The summed E-state index contributed by atoms with van der Waals surface area (Å²) in [5.41, 5.74) is -1.36. The maximum atomic E-state index is 12.6. The molecule has 0 aliphatic carbocycles. The van der Waals surface area contributed by atoms with Crippen LogP contribution >= 0.6 is 12.4 Å². The molecule has 2 aromatic carbocycles. The molecule has 0 saturated carbocycles. The van der Waals surface area contributed by atoms with Crippen LogP contribution in [0.15, 0.2) is 42.5 Å². The van der Waals surface area contributed by atoms with E-state index < -0.39 is 51.6 Å². The van der Waals surface area contributed by atoms with Gasteiger partial charge < -0.3 is 10.1 Å². The lowest BCUT2D eigenvalue weighted by Gasteiger charge is -2.16. The maximum absolute atomic E-state index is 12.6. The molecule has 0 saturated heterocycles. The molecule has 0 aliphatic rings. The number of hydrogen-bond acceptors (Lipinski definition) is 7. The summed E-state index contributed by atoms with van der Waals surface area (Å²) in [5.74, 6) is -0.772. The first-order valence-electron chi connectivity index (χ1n) is 8.44. The van der Waals surface area contributed by atoms with Crippen LogP contribution in [-0.2, 0) is 28.7 Å². The normalized spacial score (nSPS) is 11.9. The zero-order valence-corrected chi connectivity index (χ0v) is 16.7. The van der Waals surface area contributed by atoms with Crippen molar-refractivity contribution in [1.29, 1.82) is 0 Å². The monoisotopic (exact) mass is 463 g/mol. The van der Waals surface area contributed by atoms with E-state index in [2.05, 4.69) is 5.32 Å². The average Bonchev–Trinajstić information content (AvgIpc) is 2.69. The van der Waals surface area contributed by atoms with E-state index >= 15 is 0 Å². The third-order valence-electron chi connectivity index (χ3n) is 4.12. The molecule has 2 rings (SSSR count). The van der Waals surface area contributed by atoms with E-state index in [0.717, 1.165) is 30.3 Å². The first kappa shape index (κ1) is 25.8. The summed E-state index contributed by atoms with van der Waals surface area (Å²) in [5, 5.41) is 24.5. The van der Waals surface area contributed by atoms with Crippen molar-refractivity contribution in [2.75, 3.05) is 7.05 Å². The van der Waals surface area contributed by atoms with Crippen molar-refractivity contribution < 1.29 is 32.5 Å². The summed E-state index contributed by atoms with van der Waals surface area (Å²) in [6.45, 7) is -0.452. The second-order valence-electron chi connectivity index (χ2n) is 6.22. The molecule has 1 atom stereocenters. The Balaban J connectivity index is 0.00000480. The molecule has 0 bridgehead atoms. The Morgan fingerprint density at radius 1 is 1.03 bits per heavy atom. The third kappa shape index (κ3) is 7.19. The number of alkyl halides is 3. The van der Waals surface area contributed by atoms with Gasteiger partial charge in [-0.2, -0.15) is 13.2 Å². The minimum atomic E-state index is -4.47. The first-order valence-corrected chi connectivity index (χ1v) is 8.44. The van der Waals surface area contributed by atoms with Crippen molar-refractivity contribution in [3.63, 3.8) is 0 Å². The van der Waals surface area contributed by atoms with Crippen LogP contribution < -0.4 is 5.32 Å². The van der Waals surface area contributed by atoms with Crippen molar-refractivity contribution in [2.45, 2.75) is 25.2 Å². The molecule has 0 aliphatic heterocycles. The van der Waals surface area contributed by atoms with Gasteiger partial charge in [-0.15, -0.1) is 12.4 Å². The van der Waals surface area contributed by atoms with Crippen LogP contribution in [0.5, 0.6) is 0 Å². The highest BCUT2D eigenvalue weighted by Crippen LogP contribution is 2.29. The maximum Gasteiger partial charge on any atom is 0.416 e. The van der Waals surface area contributed by atoms with Gasteiger partial charge >= 0.3 is 12.1 Å². The standard InChI is InChI=1S/C18H16F3N3O6.ClH/c1-22-16(8-11-2-4-13(5-3-11)18(19,20)21)17(25)30-10-12-6-14(23(26)27)9-15(7-12)24(28)29;/h2-7,9,16,22H,8,10H2,1H3;1H/t16-;/m0./s1. The van der Waals surface area contributed by atoms with Crippen molar-refractivity contribution in [2.24, 2.45) is 0 Å². The number of likely N-dealkylation sites (N-methyl/N-ethyl adjacent to an activating group) is 1. The fraction of sp³-hybridized carbons (Fsp3) is 0.278. The third-order valence-corrected chi connectivity index (χ3v) is 4.12. The number of carbonyl (C=O) groups is 1. The lowest BCUT2D eigenvalue weighted by molar-refractivity contribution is -0.394. The van der Waals surface area contributed by atoms with Gasteiger partial charge in [0.05, 0.1) is 21.5 Å². The van der Waals surface area contributed by atoms with Gasteiger partial charge in [0.25, 0.3) is 11.4 Å². The number of nitrogens with one attached hydrogen (secondary N) is 1. The van der Waals surface area contributed by atoms with Crippen LogP contribution in [0, 0.1) is 20.2 Å². The second-order valence-corrected chi connectivity index (χ2v) is 6.22. The largest absolute Gasteiger partial charge is 0.460 e. The highest BCUT2D eigenvalue weighted by molar-refractivity contribution is 5.85. The van der Waals surface area contributed by atoms with Crippen LogP contribution in [0.3, 0.4) is 0 Å². The number of benzene rings is 2. The molecule has 0 heterocycles. The number of halogens is 4. The van der Waals surface area contributed by atoms with E-state index in [-0.39, 0.29) is 24.4 Å². The van der Waals surface area contributed by atoms with Gasteiger partial charge in [-0.05, 0) is 31.2 Å². The number of non-ortho nitro benzene ring substituents is 2. The van der Waals surface area contributed by atoms with Gasteiger partial charge in [0, 0.05) is 17.7 Å². The van der Waals surface area contributed by atoms with E-state index in [1.807, 2.05) is 0 Å². The Morgan fingerprint density at radius 3 is 1.97 bits per heavy atom. The zero-order valence-electron chi connectivity index (χ0n) is 15.9. The molecule has 0 fully saturated rings. The number of nitrogens with zero attached hydrogens (tertiary/aromatic N) is 2. The van der Waals surface area contributed by atoms with E-state index in [1.54, 1.807) is 0 Å². The predicted octanol–water partition coefficient (Wildman–Crippen LogP) is 3.82. The molecule has 1 N–H and O–H groups in total. The zero-order chi connectivity index (χ0) is 22.5. The Kier molecular flexibility index (Phi) is 8.88. The number of esters is 1. The van der Waals surface area contributed by atoms with Crippen LogP contribution in [0.4, 0.5) is 24.5 Å². The Labute approximate surface area is 179 Å². The lowest BCUT2D eigenvalue weighted by Crippen LogP contribution is -2.37. The molecule has 13 heteroatoms. The molecule has 0 spiro atoms. The molecule has 0 amide bonds. The minimum Gasteiger partial charge on any atom is -0.460 e. The van der Waals surface area contributed by atoms with Gasteiger partial charge in [-0.3, -0.25) is 25.0 Å². The second kappa shape index (κ2) is 10.7. The van der Waals surface area contributed by atoms with E-state index in [9.17, 15) is 38.2 Å². The summed E-state index contributed by atoms with van der Waals surface area (Å²) in [7, 11) is 1.45. The number of nitro groups is 2. The summed E-state index contributed by atoms with van der Waals surface area (Å²) >= 11 is 0. The molecule has 0 aromatic heterocycles. The Bertz CT molecular complexity index is 921. The fourth-order valence-corrected chi connectivity index (χ4v) is 2.57. The highest BCUT2D eigenvalue weighted by atomic mass is 35.5. The predicted molar refractivity (Wildman–Crippen MR) is 105 cm³/mol. The van der Waals surface area contributed by atoms with Crippen molar-refractivity contribution >= 4 is 29.8 Å². The fourth-order valence-electron chi connectivity index (χ4n) is 2.57. The topological polar surface area (TPSA) is 125 Å². The molecule has 0 radical (unpaired) electrons. The van der Waals surface area contributed by atoms with Crippen LogP contribution in [0.25, 0.3) is 0 Å². The van der Waals surface area contributed by atoms with Crippen LogP contribution in [-0.4, -0.2) is 28.9 Å². The Hall–Kier alpha value is -3.25. The number of rotatable bonds is 8. The van der Waals surface area contributed by atoms with Crippen LogP contribution in [0.2, 0.25) is 0 Å². The van der Waals surface area contributed by atoms with E-state index in [0.29, 0.717) is 5.56 Å². The van der Waals surface area contributed by atoms with Gasteiger partial charge in [0.1, 0.15) is 12.6 Å². The summed E-state index contributed by atoms with van der Waals surface area (Å²) in [6.07, 6.45) is -4.44. The highest BCUT2D eigenvalue weighted by Gasteiger charge is 2.30. The van der Waals surface area contributed by atoms with Crippen LogP contribution in [0.1, 0.15) is 16.7 Å². The SMILES string of the molecule is CN[C@@H](Cc1ccc(C(F)(F)F)cc1)C(=O)OCc1cc([N+](=O)[O-])cc([N+](=O)[O-])c1.Cl. The number of ether oxygens (including phenoxy) is 1. The molecule has 168 valence electrons. The summed E-state index contributed by atoms with van der Waals surface area (Å²) in [6, 6.07) is 6.25. The van der Waals surface area contributed by atoms with E-state index in [4.69, 9.17) is 4.74 Å². The number of carbonyl (C=O) groups excluding carboxylic acids is 1. The van der Waals surface area contributed by atoms with Gasteiger partial charge in [-0.25, -0.2) is 0 Å². The van der Waals surface area contributed by atoms with E-state index in [1.165, 1.54) is 19.2 Å². The first-order chi connectivity index (χ1) is 14.0. The molecular weight excluding hydrogens is 447 g/mol. The average molecular weight is 464 g/mol. The summed E-state index contributed by atoms with van der Waals surface area (Å²) in [4.78, 5) is 32.5. The van der Waals surface area contributed by atoms with Crippen molar-refractivity contribution in [3.05, 3.63) is 79.4 Å². The molecule has 2 aromatic rings. The van der Waals surface area contributed by atoms with Gasteiger partial charge in [0.2, 0.25) is 0 Å². The molecule has 31 heavy (non-hydrogen) atoms. The van der Waals surface area contributed by atoms with Crippen molar-refractivity contribution in [3.8, 4) is 0 Å². The number of nitro benzene ring substituents is 2. The smallest absolute Gasteiger partial charge is 0.416 e. The van der Waals surface area contributed by atoms with Gasteiger partial charge in [-0.1, -0.05) is 12.1 Å². The molecular formula is C18H17ClF3N3O6. The Morgan fingerprint density at radius 2 is 1.55 bits per heavy atom. The minimum absolute atomic E-state index is 0. The van der Waals surface area contributed by atoms with Crippen molar-refractivity contribution in [1.82, 2.24) is 5.32 Å². The quantitative estimate of drug-likeness (QED) is 0.358.